The van der Waals surface area contributed by atoms with Crippen molar-refractivity contribution < 1.29 is 9.47 Å². The summed E-state index contributed by atoms with van der Waals surface area (Å²) >= 11 is 0. The van der Waals surface area contributed by atoms with Gasteiger partial charge in [-0.1, -0.05) is 33.4 Å². The molecule has 16 heavy (non-hydrogen) atoms. The van der Waals surface area contributed by atoms with E-state index < -0.39 is 0 Å². The van der Waals surface area contributed by atoms with Crippen LogP contribution in [-0.4, -0.2) is 14.2 Å². The van der Waals surface area contributed by atoms with E-state index in [-0.39, 0.29) is 5.41 Å². The minimum Gasteiger partial charge on any atom is -0.496 e. The van der Waals surface area contributed by atoms with Crippen LogP contribution in [0, 0.1) is 0 Å². The Morgan fingerprint density at radius 1 is 1.06 bits per heavy atom. The molecule has 0 fully saturated rings. The Hall–Kier alpha value is -1.44. The molecule has 0 aliphatic rings. The van der Waals surface area contributed by atoms with E-state index in [2.05, 4.69) is 27.4 Å². The van der Waals surface area contributed by atoms with E-state index in [0.29, 0.717) is 0 Å². The molecule has 1 aromatic carbocycles. The molecule has 2 nitrogen and oxygen atoms in total. The average molecular weight is 220 g/mol. The maximum atomic E-state index is 5.41. The Bertz CT molecular complexity index is 386. The normalized spacial score (nSPS) is 11.1. The van der Waals surface area contributed by atoms with Crippen molar-refractivity contribution in [3.8, 4) is 11.5 Å². The summed E-state index contributed by atoms with van der Waals surface area (Å²) in [6.07, 6.45) is 1.77. The molecule has 0 amide bonds. The average Bonchev–Trinajstić information content (AvgIpc) is 2.25. The second-order valence-corrected chi connectivity index (χ2v) is 4.75. The first-order valence-electron chi connectivity index (χ1n) is 5.33. The monoisotopic (exact) mass is 220 g/mol. The molecule has 0 aliphatic heterocycles. The van der Waals surface area contributed by atoms with Crippen LogP contribution in [0.1, 0.15) is 31.9 Å². The second kappa shape index (κ2) is 4.60. The van der Waals surface area contributed by atoms with Gasteiger partial charge in [0.05, 0.1) is 14.2 Å². The molecular formula is C14H20O2. The van der Waals surface area contributed by atoms with Gasteiger partial charge in [-0.15, -0.1) is 0 Å². The maximum absolute atomic E-state index is 5.41. The lowest BCUT2D eigenvalue weighted by Gasteiger charge is -2.23. The van der Waals surface area contributed by atoms with Gasteiger partial charge >= 0.3 is 0 Å². The van der Waals surface area contributed by atoms with E-state index in [9.17, 15) is 0 Å². The van der Waals surface area contributed by atoms with Gasteiger partial charge < -0.3 is 9.47 Å². The molecule has 1 aromatic rings. The Kier molecular flexibility index (Phi) is 3.63. The van der Waals surface area contributed by atoms with E-state index in [1.54, 1.807) is 20.3 Å². The van der Waals surface area contributed by atoms with Crippen molar-refractivity contribution in [1.29, 1.82) is 0 Å². The molecule has 0 aromatic heterocycles. The van der Waals surface area contributed by atoms with Gasteiger partial charge in [0, 0.05) is 11.1 Å². The SMILES string of the molecule is C=Cc1cc(OC)c(C(C)(C)C)cc1OC. The van der Waals surface area contributed by atoms with Gasteiger partial charge in [-0.2, -0.15) is 0 Å². The van der Waals surface area contributed by atoms with Crippen LogP contribution >= 0.6 is 0 Å². The highest BCUT2D eigenvalue weighted by Gasteiger charge is 2.20. The Morgan fingerprint density at radius 3 is 2.00 bits per heavy atom. The predicted molar refractivity (Wildman–Crippen MR) is 68.3 cm³/mol. The number of benzene rings is 1. The van der Waals surface area contributed by atoms with Gasteiger partial charge in [0.1, 0.15) is 11.5 Å². The van der Waals surface area contributed by atoms with Crippen molar-refractivity contribution in [1.82, 2.24) is 0 Å². The van der Waals surface area contributed by atoms with Crippen LogP contribution < -0.4 is 9.47 Å². The molecular weight excluding hydrogens is 200 g/mol. The largest absolute Gasteiger partial charge is 0.496 e. The van der Waals surface area contributed by atoms with Crippen LogP contribution in [0.4, 0.5) is 0 Å². The zero-order valence-electron chi connectivity index (χ0n) is 10.8. The molecule has 0 aliphatic carbocycles. The minimum atomic E-state index is 0.0261. The van der Waals surface area contributed by atoms with Crippen molar-refractivity contribution in [2.75, 3.05) is 14.2 Å². The van der Waals surface area contributed by atoms with Gasteiger partial charge in [0.25, 0.3) is 0 Å². The van der Waals surface area contributed by atoms with Gasteiger partial charge in [-0.25, -0.2) is 0 Å². The van der Waals surface area contributed by atoms with E-state index in [0.717, 1.165) is 22.6 Å². The molecule has 0 saturated heterocycles. The first-order chi connectivity index (χ1) is 7.43. The lowest BCUT2D eigenvalue weighted by atomic mass is 9.85. The van der Waals surface area contributed by atoms with Gasteiger partial charge in [0.15, 0.2) is 0 Å². The lowest BCUT2D eigenvalue weighted by Crippen LogP contribution is -2.13. The zero-order valence-corrected chi connectivity index (χ0v) is 10.8. The number of ether oxygens (including phenoxy) is 2. The van der Waals surface area contributed by atoms with Crippen molar-refractivity contribution in [3.63, 3.8) is 0 Å². The first kappa shape index (κ1) is 12.6. The zero-order chi connectivity index (χ0) is 12.3. The molecule has 0 saturated carbocycles. The van der Waals surface area contributed by atoms with Crippen LogP contribution in [0.2, 0.25) is 0 Å². The molecule has 0 atom stereocenters. The van der Waals surface area contributed by atoms with Crippen LogP contribution in [0.25, 0.3) is 6.08 Å². The quantitative estimate of drug-likeness (QED) is 0.774. The third kappa shape index (κ3) is 2.38. The summed E-state index contributed by atoms with van der Waals surface area (Å²) in [4.78, 5) is 0. The minimum absolute atomic E-state index is 0.0261. The summed E-state index contributed by atoms with van der Waals surface area (Å²) in [5.74, 6) is 1.71. The van der Waals surface area contributed by atoms with Crippen LogP contribution in [0.5, 0.6) is 11.5 Å². The number of hydrogen-bond donors (Lipinski definition) is 0. The summed E-state index contributed by atoms with van der Waals surface area (Å²) in [7, 11) is 3.35. The standard InChI is InChI=1S/C14H20O2/c1-7-10-8-13(16-6)11(14(2,3)4)9-12(10)15-5/h7-9H,1H2,2-6H3. The number of methoxy groups -OCH3 is 2. The molecule has 2 heteroatoms. The van der Waals surface area contributed by atoms with E-state index in [1.165, 1.54) is 0 Å². The van der Waals surface area contributed by atoms with Gasteiger partial charge in [0.2, 0.25) is 0 Å². The third-order valence-electron chi connectivity index (χ3n) is 2.58. The predicted octanol–water partition coefficient (Wildman–Crippen LogP) is 3.64. The van der Waals surface area contributed by atoms with E-state index in [4.69, 9.17) is 9.47 Å². The molecule has 88 valence electrons. The Morgan fingerprint density at radius 2 is 1.62 bits per heavy atom. The third-order valence-corrected chi connectivity index (χ3v) is 2.58. The smallest absolute Gasteiger partial charge is 0.126 e. The van der Waals surface area contributed by atoms with E-state index >= 15 is 0 Å². The van der Waals surface area contributed by atoms with Crippen LogP contribution in [0.3, 0.4) is 0 Å². The maximum Gasteiger partial charge on any atom is 0.126 e. The van der Waals surface area contributed by atoms with Gasteiger partial charge in [-0.3, -0.25) is 0 Å². The summed E-state index contributed by atoms with van der Waals surface area (Å²) < 4.78 is 10.8. The van der Waals surface area contributed by atoms with Crippen LogP contribution in [-0.2, 0) is 5.41 Å². The van der Waals surface area contributed by atoms with Crippen molar-refractivity contribution >= 4 is 6.08 Å². The summed E-state index contributed by atoms with van der Waals surface area (Å²) in [6.45, 7) is 10.2. The van der Waals surface area contributed by atoms with E-state index in [1.807, 2.05) is 12.1 Å². The fourth-order valence-electron chi connectivity index (χ4n) is 1.67. The lowest BCUT2D eigenvalue weighted by molar-refractivity contribution is 0.387. The molecule has 0 unspecified atom stereocenters. The van der Waals surface area contributed by atoms with Crippen molar-refractivity contribution in [2.45, 2.75) is 26.2 Å². The fourth-order valence-corrected chi connectivity index (χ4v) is 1.67. The van der Waals surface area contributed by atoms with Crippen LogP contribution in [0.15, 0.2) is 18.7 Å². The summed E-state index contributed by atoms with van der Waals surface area (Å²) in [5.41, 5.74) is 2.11. The number of hydrogen-bond acceptors (Lipinski definition) is 2. The summed E-state index contributed by atoms with van der Waals surface area (Å²) in [5, 5.41) is 0. The molecule has 0 radical (unpaired) electrons. The van der Waals surface area contributed by atoms with Crippen molar-refractivity contribution in [3.05, 3.63) is 29.8 Å². The first-order valence-corrected chi connectivity index (χ1v) is 5.33. The molecule has 0 heterocycles. The topological polar surface area (TPSA) is 18.5 Å². The van der Waals surface area contributed by atoms with Crippen molar-refractivity contribution in [2.24, 2.45) is 0 Å². The molecule has 0 N–H and O–H groups in total. The Labute approximate surface area is 97.9 Å². The highest BCUT2D eigenvalue weighted by Crippen LogP contribution is 2.36. The highest BCUT2D eigenvalue weighted by molar-refractivity contribution is 5.61. The number of rotatable bonds is 3. The van der Waals surface area contributed by atoms with Gasteiger partial charge in [-0.05, 0) is 17.5 Å². The fraction of sp³-hybridized carbons (Fsp3) is 0.429. The molecule has 1 rings (SSSR count). The molecule has 0 spiro atoms. The highest BCUT2D eigenvalue weighted by atomic mass is 16.5. The Balaban J connectivity index is 3.43. The molecule has 0 bridgehead atoms. The second-order valence-electron chi connectivity index (χ2n) is 4.75. The summed E-state index contributed by atoms with van der Waals surface area (Å²) in [6, 6.07) is 3.99.